The lowest BCUT2D eigenvalue weighted by Crippen LogP contribution is -2.59. The number of thioether (sulfide) groups is 1. The number of carboxylic acids is 1. The van der Waals surface area contributed by atoms with E-state index >= 15 is 0 Å². The number of carboxylic acid groups (broad SMARTS) is 1. The Morgan fingerprint density at radius 2 is 2.33 bits per heavy atom. The highest BCUT2D eigenvalue weighted by Crippen LogP contribution is 2.07. The van der Waals surface area contributed by atoms with E-state index in [1.54, 1.807) is 6.26 Å². The van der Waals surface area contributed by atoms with E-state index in [4.69, 9.17) is 5.11 Å². The number of rotatable bonds is 3. The van der Waals surface area contributed by atoms with E-state index in [1.165, 1.54) is 11.8 Å². The number of nitrogens with zero attached hydrogens (tertiary/aromatic N) is 1. The number of amides is 2. The number of nitrogens with one attached hydrogen (secondary N) is 1. The highest BCUT2D eigenvalue weighted by molar-refractivity contribution is 7.99. The Morgan fingerprint density at radius 3 is 2.87 bits per heavy atom. The largest absolute Gasteiger partial charge is 0.480 e. The van der Waals surface area contributed by atoms with Gasteiger partial charge in [-0.1, -0.05) is 0 Å². The quantitative estimate of drug-likeness (QED) is 0.635. The highest BCUT2D eigenvalue weighted by Gasteiger charge is 2.34. The van der Waals surface area contributed by atoms with Crippen LogP contribution in [0.1, 0.15) is 0 Å². The van der Waals surface area contributed by atoms with Crippen molar-refractivity contribution in [2.45, 2.75) is 6.04 Å². The highest BCUT2D eigenvalue weighted by atomic mass is 32.2. The molecule has 1 rings (SSSR count). The summed E-state index contributed by atoms with van der Waals surface area (Å²) in [6.07, 6.45) is 1.75. The van der Waals surface area contributed by atoms with E-state index < -0.39 is 12.0 Å². The second-order valence-electron chi connectivity index (χ2n) is 3.11. The van der Waals surface area contributed by atoms with Crippen LogP contribution in [0.3, 0.4) is 0 Å². The average Bonchev–Trinajstić information content (AvgIpc) is 2.17. The van der Waals surface area contributed by atoms with Gasteiger partial charge in [0, 0.05) is 6.54 Å². The molecule has 1 atom stereocenters. The summed E-state index contributed by atoms with van der Waals surface area (Å²) in [5, 5.41) is 11.3. The summed E-state index contributed by atoms with van der Waals surface area (Å²) in [5.41, 5.74) is 0. The molecule has 0 aromatic heterocycles. The molecule has 0 saturated carbocycles. The van der Waals surface area contributed by atoms with Crippen molar-refractivity contribution in [3.63, 3.8) is 0 Å². The lowest BCUT2D eigenvalue weighted by Gasteiger charge is -2.32. The van der Waals surface area contributed by atoms with E-state index in [2.05, 4.69) is 5.32 Å². The van der Waals surface area contributed by atoms with Crippen molar-refractivity contribution in [2.75, 3.05) is 25.1 Å². The summed E-state index contributed by atoms with van der Waals surface area (Å²) in [4.78, 5) is 34.5. The minimum Gasteiger partial charge on any atom is -0.480 e. The van der Waals surface area contributed by atoms with Crippen molar-refractivity contribution >= 4 is 29.5 Å². The zero-order valence-corrected chi connectivity index (χ0v) is 9.04. The van der Waals surface area contributed by atoms with Gasteiger partial charge >= 0.3 is 5.97 Å². The minimum atomic E-state index is -1.09. The van der Waals surface area contributed by atoms with Crippen LogP contribution in [0.15, 0.2) is 0 Å². The van der Waals surface area contributed by atoms with Gasteiger partial charge in [0.1, 0.15) is 12.6 Å². The Bertz CT molecular complexity index is 294. The molecule has 1 aliphatic heterocycles. The van der Waals surface area contributed by atoms with Crippen LogP contribution in [0, 0.1) is 0 Å². The molecule has 2 N–H and O–H groups in total. The number of piperazine rings is 1. The number of aliphatic carboxylic acids is 1. The number of carbonyl (C=O) groups is 3. The van der Waals surface area contributed by atoms with Crippen molar-refractivity contribution in [1.29, 1.82) is 0 Å². The maximum Gasteiger partial charge on any atom is 0.328 e. The first-order valence-corrected chi connectivity index (χ1v) is 5.73. The molecular formula is C8H12N2O4S. The van der Waals surface area contributed by atoms with Crippen LogP contribution >= 0.6 is 11.8 Å². The van der Waals surface area contributed by atoms with Gasteiger partial charge in [-0.25, -0.2) is 4.79 Å². The summed E-state index contributed by atoms with van der Waals surface area (Å²) < 4.78 is 0. The fraction of sp³-hybridized carbons (Fsp3) is 0.625. The van der Waals surface area contributed by atoms with Gasteiger partial charge in [0.2, 0.25) is 11.8 Å². The van der Waals surface area contributed by atoms with E-state index in [1.807, 2.05) is 0 Å². The summed E-state index contributed by atoms with van der Waals surface area (Å²) in [6.45, 7) is -0.190. The van der Waals surface area contributed by atoms with Gasteiger partial charge in [-0.15, -0.1) is 0 Å². The maximum absolute atomic E-state index is 11.5. The molecule has 1 fully saturated rings. The second kappa shape index (κ2) is 5.01. The first kappa shape index (κ1) is 11.8. The van der Waals surface area contributed by atoms with Gasteiger partial charge in [-0.2, -0.15) is 11.8 Å². The number of hydrogen-bond acceptors (Lipinski definition) is 4. The van der Waals surface area contributed by atoms with Crippen LogP contribution in [0.25, 0.3) is 0 Å². The molecule has 0 radical (unpaired) electrons. The minimum absolute atomic E-state index is 0.0196. The van der Waals surface area contributed by atoms with Crippen molar-refractivity contribution < 1.29 is 19.5 Å². The average molecular weight is 232 g/mol. The van der Waals surface area contributed by atoms with Gasteiger partial charge in [0.25, 0.3) is 0 Å². The Labute approximate surface area is 91.0 Å². The SMILES string of the molecule is CSCC(=O)N1CC(=O)NCC1C(=O)O. The molecule has 0 aromatic carbocycles. The molecule has 6 nitrogen and oxygen atoms in total. The predicted octanol–water partition coefficient (Wildman–Crippen LogP) is -1.24. The zero-order chi connectivity index (χ0) is 11.4. The fourth-order valence-electron chi connectivity index (χ4n) is 1.33. The Kier molecular flexibility index (Phi) is 3.96. The number of carbonyl (C=O) groups excluding carboxylic acids is 2. The summed E-state index contributed by atoms with van der Waals surface area (Å²) >= 11 is 1.30. The van der Waals surface area contributed by atoms with Gasteiger partial charge in [0.05, 0.1) is 5.75 Å². The topological polar surface area (TPSA) is 86.7 Å². The van der Waals surface area contributed by atoms with Gasteiger partial charge in [-0.3, -0.25) is 9.59 Å². The Balaban J connectivity index is 2.74. The molecule has 84 valence electrons. The normalized spacial score (nSPS) is 21.0. The molecule has 0 aliphatic carbocycles. The van der Waals surface area contributed by atoms with E-state index in [0.717, 1.165) is 4.90 Å². The molecule has 0 bridgehead atoms. The third kappa shape index (κ3) is 2.85. The molecule has 1 aliphatic rings. The molecule has 15 heavy (non-hydrogen) atoms. The molecule has 0 aromatic rings. The van der Waals surface area contributed by atoms with Crippen molar-refractivity contribution in [1.82, 2.24) is 10.2 Å². The summed E-state index contributed by atoms with van der Waals surface area (Å²) in [5.74, 6) is -1.53. The van der Waals surface area contributed by atoms with Gasteiger partial charge in [0.15, 0.2) is 0 Å². The second-order valence-corrected chi connectivity index (χ2v) is 3.98. The Hall–Kier alpha value is -1.24. The lowest BCUT2D eigenvalue weighted by atomic mass is 10.2. The predicted molar refractivity (Wildman–Crippen MR) is 54.5 cm³/mol. The monoisotopic (exact) mass is 232 g/mol. The van der Waals surface area contributed by atoms with Crippen LogP contribution in [0.5, 0.6) is 0 Å². The van der Waals surface area contributed by atoms with Gasteiger partial charge in [-0.05, 0) is 6.26 Å². The van der Waals surface area contributed by atoms with Crippen molar-refractivity contribution in [2.24, 2.45) is 0 Å². The van der Waals surface area contributed by atoms with E-state index in [-0.39, 0.29) is 30.7 Å². The fourth-order valence-corrected chi connectivity index (χ4v) is 1.74. The molecule has 2 amide bonds. The van der Waals surface area contributed by atoms with Crippen LogP contribution in [-0.4, -0.2) is 58.9 Å². The third-order valence-corrected chi connectivity index (χ3v) is 2.59. The lowest BCUT2D eigenvalue weighted by molar-refractivity contribution is -0.152. The van der Waals surface area contributed by atoms with Crippen LogP contribution < -0.4 is 5.32 Å². The smallest absolute Gasteiger partial charge is 0.328 e. The molecule has 1 unspecified atom stereocenters. The summed E-state index contributed by atoms with van der Waals surface area (Å²) in [7, 11) is 0. The van der Waals surface area contributed by atoms with E-state index in [0.29, 0.717) is 0 Å². The van der Waals surface area contributed by atoms with Crippen LogP contribution in [-0.2, 0) is 14.4 Å². The van der Waals surface area contributed by atoms with Gasteiger partial charge < -0.3 is 15.3 Å². The first-order chi connectivity index (χ1) is 7.06. The third-order valence-electron chi connectivity index (χ3n) is 2.06. The Morgan fingerprint density at radius 1 is 1.67 bits per heavy atom. The van der Waals surface area contributed by atoms with Crippen LogP contribution in [0.2, 0.25) is 0 Å². The van der Waals surface area contributed by atoms with E-state index in [9.17, 15) is 14.4 Å². The zero-order valence-electron chi connectivity index (χ0n) is 8.23. The molecule has 1 heterocycles. The van der Waals surface area contributed by atoms with Crippen molar-refractivity contribution in [3.05, 3.63) is 0 Å². The molecule has 1 saturated heterocycles. The standard InChI is InChI=1S/C8H12N2O4S/c1-15-4-7(12)10-3-6(11)9-2-5(10)8(13)14/h5H,2-4H2,1H3,(H,9,11)(H,13,14). The van der Waals surface area contributed by atoms with Crippen LogP contribution in [0.4, 0.5) is 0 Å². The molecule has 7 heteroatoms. The summed E-state index contributed by atoms with van der Waals surface area (Å²) in [6, 6.07) is -0.942. The number of hydrogen-bond donors (Lipinski definition) is 2. The maximum atomic E-state index is 11.5. The first-order valence-electron chi connectivity index (χ1n) is 4.34. The molecule has 0 spiro atoms. The molecular weight excluding hydrogens is 220 g/mol. The van der Waals surface area contributed by atoms with Crippen molar-refractivity contribution in [3.8, 4) is 0 Å².